The topological polar surface area (TPSA) is 77.8 Å². The molecule has 160 valence electrons. The fourth-order valence-electron chi connectivity index (χ4n) is 4.70. The Morgan fingerprint density at radius 3 is 2.25 bits per heavy atom. The Labute approximate surface area is 186 Å². The molecular weight excluding hydrogens is 402 g/mol. The summed E-state index contributed by atoms with van der Waals surface area (Å²) in [6, 6.07) is 20.3. The van der Waals surface area contributed by atoms with E-state index in [1.54, 1.807) is 36.4 Å². The van der Waals surface area contributed by atoms with E-state index in [2.05, 4.69) is 0 Å². The zero-order chi connectivity index (χ0) is 22.2. The molecule has 5 rings (SSSR count). The van der Waals surface area contributed by atoms with Crippen LogP contribution in [0.4, 0.5) is 5.69 Å². The van der Waals surface area contributed by atoms with E-state index in [4.69, 9.17) is 0 Å². The molecule has 1 atom stereocenters. The lowest BCUT2D eigenvalue weighted by atomic mass is 9.88. The van der Waals surface area contributed by atoms with Gasteiger partial charge in [0.25, 0.3) is 11.7 Å². The molecule has 1 heterocycles. The molecule has 0 spiro atoms. The van der Waals surface area contributed by atoms with Gasteiger partial charge in [0, 0.05) is 11.3 Å². The van der Waals surface area contributed by atoms with Gasteiger partial charge in [-0.15, -0.1) is 0 Å². The largest absolute Gasteiger partial charge is 0.508 e. The number of aliphatic hydroxyl groups is 1. The lowest BCUT2D eigenvalue weighted by Crippen LogP contribution is -2.29. The van der Waals surface area contributed by atoms with Crippen molar-refractivity contribution in [2.45, 2.75) is 31.7 Å². The van der Waals surface area contributed by atoms with Crippen LogP contribution >= 0.6 is 0 Å². The number of hydrogen-bond donors (Lipinski definition) is 2. The number of fused-ring (bicyclic) bond motifs is 1. The number of anilines is 1. The average molecular weight is 425 g/mol. The maximum atomic E-state index is 13.2. The van der Waals surface area contributed by atoms with E-state index >= 15 is 0 Å². The molecule has 1 aliphatic carbocycles. The van der Waals surface area contributed by atoms with Gasteiger partial charge in [0.05, 0.1) is 11.6 Å². The molecular formula is C27H23NO4. The molecule has 5 heteroatoms. The highest BCUT2D eigenvalue weighted by atomic mass is 16.3. The van der Waals surface area contributed by atoms with Gasteiger partial charge in [0.15, 0.2) is 0 Å². The number of rotatable bonds is 3. The summed E-state index contributed by atoms with van der Waals surface area (Å²) < 4.78 is 0. The van der Waals surface area contributed by atoms with Crippen molar-refractivity contribution >= 4 is 23.1 Å². The highest BCUT2D eigenvalue weighted by molar-refractivity contribution is 6.51. The van der Waals surface area contributed by atoms with Crippen molar-refractivity contribution in [3.63, 3.8) is 0 Å². The zero-order valence-corrected chi connectivity index (χ0v) is 17.5. The number of carbonyl (C=O) groups excluding carboxylic acids is 2. The minimum atomic E-state index is -0.797. The van der Waals surface area contributed by atoms with E-state index in [1.807, 2.05) is 24.3 Å². The number of phenolic OH excluding ortho intramolecular Hbond substituents is 1. The first-order valence-electron chi connectivity index (χ1n) is 10.8. The second-order valence-corrected chi connectivity index (χ2v) is 8.29. The van der Waals surface area contributed by atoms with Crippen LogP contribution in [0.1, 0.15) is 41.1 Å². The minimum absolute atomic E-state index is 0.0558. The lowest BCUT2D eigenvalue weighted by molar-refractivity contribution is -0.132. The van der Waals surface area contributed by atoms with Gasteiger partial charge in [-0.3, -0.25) is 14.5 Å². The van der Waals surface area contributed by atoms with Crippen LogP contribution in [0.25, 0.3) is 5.76 Å². The van der Waals surface area contributed by atoms with Crippen LogP contribution in [-0.2, 0) is 22.4 Å². The fraction of sp³-hybridized carbons (Fsp3) is 0.185. The van der Waals surface area contributed by atoms with Crippen LogP contribution < -0.4 is 4.90 Å². The van der Waals surface area contributed by atoms with Crippen LogP contribution in [0.15, 0.2) is 78.4 Å². The van der Waals surface area contributed by atoms with Crippen molar-refractivity contribution in [2.24, 2.45) is 0 Å². The first-order chi connectivity index (χ1) is 15.5. The van der Waals surface area contributed by atoms with Crippen molar-refractivity contribution in [2.75, 3.05) is 4.90 Å². The number of hydrogen-bond acceptors (Lipinski definition) is 4. The molecule has 1 amide bonds. The number of ketones is 1. The summed E-state index contributed by atoms with van der Waals surface area (Å²) in [4.78, 5) is 27.7. The highest BCUT2D eigenvalue weighted by Crippen LogP contribution is 2.42. The standard InChI is InChI=1S/C27H23NO4/c29-22-14-12-18(13-15-22)24-23(26(31)27(32)28(24)21-8-2-1-3-9-21)25(30)20-11-10-17-6-4-5-7-19(17)16-20/h1-3,8-16,24,29-30H,4-7H2/b25-23-. The number of nitrogens with zero attached hydrogens (tertiary/aromatic N) is 1. The number of benzene rings is 3. The number of para-hydroxylation sites is 1. The first-order valence-corrected chi connectivity index (χ1v) is 10.8. The number of aromatic hydroxyl groups is 1. The van der Waals surface area contributed by atoms with Crippen molar-refractivity contribution in [3.05, 3.63) is 101 Å². The summed E-state index contributed by atoms with van der Waals surface area (Å²) in [6.45, 7) is 0. The first kappa shape index (κ1) is 20.1. The van der Waals surface area contributed by atoms with Gasteiger partial charge < -0.3 is 10.2 Å². The fourth-order valence-corrected chi connectivity index (χ4v) is 4.70. The van der Waals surface area contributed by atoms with Crippen LogP contribution in [0, 0.1) is 0 Å². The van der Waals surface area contributed by atoms with Gasteiger partial charge in [0.2, 0.25) is 0 Å². The maximum absolute atomic E-state index is 13.2. The summed E-state index contributed by atoms with van der Waals surface area (Å²) >= 11 is 0. The highest BCUT2D eigenvalue weighted by Gasteiger charge is 2.46. The third-order valence-corrected chi connectivity index (χ3v) is 6.31. The molecule has 2 N–H and O–H groups in total. The summed E-state index contributed by atoms with van der Waals surface area (Å²) in [5.74, 6) is -1.50. The molecule has 1 saturated heterocycles. The third-order valence-electron chi connectivity index (χ3n) is 6.31. The van der Waals surface area contributed by atoms with Crippen LogP contribution in [0.2, 0.25) is 0 Å². The van der Waals surface area contributed by atoms with Crippen LogP contribution in [0.5, 0.6) is 5.75 Å². The predicted octanol–water partition coefficient (Wildman–Crippen LogP) is 4.90. The second kappa shape index (κ2) is 8.00. The SMILES string of the molecule is O=C1C(=O)N(c2ccccc2)C(c2ccc(O)cc2)/C1=C(/O)c1ccc2c(c1)CCCC2. The average Bonchev–Trinajstić information content (AvgIpc) is 3.09. The van der Waals surface area contributed by atoms with E-state index in [9.17, 15) is 19.8 Å². The summed E-state index contributed by atoms with van der Waals surface area (Å²) in [6.07, 6.45) is 4.21. The Kier molecular flexibility index (Phi) is 5.02. The van der Waals surface area contributed by atoms with Crippen LogP contribution in [0.3, 0.4) is 0 Å². The molecule has 0 radical (unpaired) electrons. The molecule has 2 aliphatic rings. The number of phenols is 1. The van der Waals surface area contributed by atoms with Crippen LogP contribution in [-0.4, -0.2) is 21.9 Å². The Morgan fingerprint density at radius 2 is 1.53 bits per heavy atom. The molecule has 1 aliphatic heterocycles. The number of aryl methyl sites for hydroxylation is 2. The number of amides is 1. The van der Waals surface area contributed by atoms with Gasteiger partial charge in [-0.05, 0) is 72.7 Å². The molecule has 5 nitrogen and oxygen atoms in total. The monoisotopic (exact) mass is 425 g/mol. The molecule has 3 aromatic carbocycles. The second-order valence-electron chi connectivity index (χ2n) is 8.29. The van der Waals surface area contributed by atoms with E-state index in [-0.39, 0.29) is 17.1 Å². The Hall–Kier alpha value is -3.86. The van der Waals surface area contributed by atoms with Crippen molar-refractivity contribution < 1.29 is 19.8 Å². The van der Waals surface area contributed by atoms with Crippen molar-refractivity contribution in [1.29, 1.82) is 0 Å². The smallest absolute Gasteiger partial charge is 0.300 e. The molecule has 3 aromatic rings. The van der Waals surface area contributed by atoms with Gasteiger partial charge in [-0.25, -0.2) is 0 Å². The van der Waals surface area contributed by atoms with Gasteiger partial charge in [-0.1, -0.05) is 42.5 Å². The third kappa shape index (κ3) is 3.36. The summed E-state index contributed by atoms with van der Waals surface area (Å²) in [5, 5.41) is 21.0. The van der Waals surface area contributed by atoms with Gasteiger partial charge in [0.1, 0.15) is 11.5 Å². The van der Waals surface area contributed by atoms with E-state index in [0.29, 0.717) is 16.8 Å². The van der Waals surface area contributed by atoms with E-state index < -0.39 is 17.7 Å². The van der Waals surface area contributed by atoms with Gasteiger partial charge >= 0.3 is 0 Å². The minimum Gasteiger partial charge on any atom is -0.508 e. The quantitative estimate of drug-likeness (QED) is 0.356. The molecule has 1 fully saturated rings. The van der Waals surface area contributed by atoms with E-state index in [0.717, 1.165) is 25.7 Å². The molecule has 0 bridgehead atoms. The molecule has 0 aromatic heterocycles. The molecule has 0 saturated carbocycles. The zero-order valence-electron chi connectivity index (χ0n) is 17.5. The Balaban J connectivity index is 1.69. The number of Topliss-reactive ketones (excluding diaryl/α,β-unsaturated/α-hetero) is 1. The lowest BCUT2D eigenvalue weighted by Gasteiger charge is -2.25. The Bertz CT molecular complexity index is 1230. The Morgan fingerprint density at radius 1 is 0.844 bits per heavy atom. The summed E-state index contributed by atoms with van der Waals surface area (Å²) in [7, 11) is 0. The number of carbonyl (C=O) groups is 2. The number of aliphatic hydroxyl groups excluding tert-OH is 1. The van der Waals surface area contributed by atoms with E-state index in [1.165, 1.54) is 28.2 Å². The predicted molar refractivity (Wildman–Crippen MR) is 122 cm³/mol. The summed E-state index contributed by atoms with van der Waals surface area (Å²) in [5.41, 5.74) is 4.25. The molecule has 32 heavy (non-hydrogen) atoms. The van der Waals surface area contributed by atoms with Crippen molar-refractivity contribution in [1.82, 2.24) is 0 Å². The van der Waals surface area contributed by atoms with Gasteiger partial charge in [-0.2, -0.15) is 0 Å². The normalized spacial score (nSPS) is 19.8. The maximum Gasteiger partial charge on any atom is 0.300 e. The van der Waals surface area contributed by atoms with Crippen molar-refractivity contribution in [3.8, 4) is 5.75 Å². The molecule has 1 unspecified atom stereocenters.